The number of halogens is 2. The molecular weight excluding hydrogens is 357 g/mol. The fourth-order valence-electron chi connectivity index (χ4n) is 2.23. The first-order valence-electron chi connectivity index (χ1n) is 7.40. The second-order valence-corrected chi connectivity index (χ2v) is 5.84. The number of nitrogens with zero attached hydrogens (tertiary/aromatic N) is 2. The molecule has 1 aliphatic rings. The molecule has 1 N–H and O–H groups in total. The Morgan fingerprint density at radius 2 is 1.62 bits per heavy atom. The van der Waals surface area contributed by atoms with Crippen LogP contribution in [-0.4, -0.2) is 60.5 Å². The zero-order valence-electron chi connectivity index (χ0n) is 13.1. The molecule has 130 valence electrons. The van der Waals surface area contributed by atoms with Crippen molar-refractivity contribution in [2.75, 3.05) is 38.1 Å². The molecule has 0 atom stereocenters. The van der Waals surface area contributed by atoms with Gasteiger partial charge < -0.3 is 19.9 Å². The smallest absolute Gasteiger partial charge is 0.409 e. The molecule has 7 nitrogen and oxygen atoms in total. The number of carbonyl (C=O) groups is 3. The highest BCUT2D eigenvalue weighted by atomic mass is 35.5. The second kappa shape index (κ2) is 8.21. The lowest BCUT2D eigenvalue weighted by Gasteiger charge is -2.33. The standard InChI is InChI=1S/C15H17Cl2N3O4/c1-2-24-15(23)20-8-6-19(7-9-20)14(22)13(21)18-12-10(16)4-3-5-11(12)17/h3-5H,2,6-9H2,1H3,(H,18,21). The third-order valence-electron chi connectivity index (χ3n) is 3.49. The van der Waals surface area contributed by atoms with E-state index in [0.717, 1.165) is 0 Å². The first kappa shape index (κ1) is 18.4. The Morgan fingerprint density at radius 1 is 1.08 bits per heavy atom. The minimum absolute atomic E-state index is 0.198. The van der Waals surface area contributed by atoms with Crippen LogP contribution in [0, 0.1) is 0 Å². The van der Waals surface area contributed by atoms with Gasteiger partial charge in [-0.1, -0.05) is 29.3 Å². The number of hydrogen-bond acceptors (Lipinski definition) is 4. The topological polar surface area (TPSA) is 79.0 Å². The Hall–Kier alpha value is -1.99. The van der Waals surface area contributed by atoms with E-state index in [2.05, 4.69) is 5.32 Å². The zero-order chi connectivity index (χ0) is 17.7. The van der Waals surface area contributed by atoms with Gasteiger partial charge in [-0.2, -0.15) is 0 Å². The monoisotopic (exact) mass is 373 g/mol. The third-order valence-corrected chi connectivity index (χ3v) is 4.12. The van der Waals surface area contributed by atoms with Gasteiger partial charge in [0.15, 0.2) is 0 Å². The van der Waals surface area contributed by atoms with E-state index >= 15 is 0 Å². The molecule has 1 heterocycles. The fourth-order valence-corrected chi connectivity index (χ4v) is 2.73. The summed E-state index contributed by atoms with van der Waals surface area (Å²) in [6, 6.07) is 4.76. The molecular formula is C15H17Cl2N3O4. The van der Waals surface area contributed by atoms with Gasteiger partial charge in [0.05, 0.1) is 22.3 Å². The average Bonchev–Trinajstić information content (AvgIpc) is 2.58. The van der Waals surface area contributed by atoms with E-state index in [-0.39, 0.29) is 28.8 Å². The number of hydrogen-bond donors (Lipinski definition) is 1. The molecule has 1 fully saturated rings. The SMILES string of the molecule is CCOC(=O)N1CCN(C(=O)C(=O)Nc2c(Cl)cccc2Cl)CC1. The van der Waals surface area contributed by atoms with E-state index in [1.807, 2.05) is 0 Å². The van der Waals surface area contributed by atoms with Gasteiger partial charge in [-0.25, -0.2) is 4.79 Å². The van der Waals surface area contributed by atoms with E-state index in [4.69, 9.17) is 27.9 Å². The van der Waals surface area contributed by atoms with Crippen LogP contribution < -0.4 is 5.32 Å². The van der Waals surface area contributed by atoms with E-state index in [1.165, 1.54) is 9.80 Å². The Bertz CT molecular complexity index is 625. The van der Waals surface area contributed by atoms with Crippen LogP contribution in [0.25, 0.3) is 0 Å². The number of benzene rings is 1. The Balaban J connectivity index is 1.93. The molecule has 0 radical (unpaired) electrons. The molecule has 0 bridgehead atoms. The summed E-state index contributed by atoms with van der Waals surface area (Å²) in [5, 5.41) is 2.92. The maximum absolute atomic E-state index is 12.2. The molecule has 0 spiro atoms. The normalized spacial score (nSPS) is 14.3. The first-order valence-corrected chi connectivity index (χ1v) is 8.15. The maximum Gasteiger partial charge on any atom is 0.409 e. The summed E-state index contributed by atoms with van der Waals surface area (Å²) in [6.45, 7) is 3.14. The number of para-hydroxylation sites is 1. The molecule has 0 aromatic heterocycles. The minimum atomic E-state index is -0.824. The number of nitrogens with one attached hydrogen (secondary N) is 1. The van der Waals surface area contributed by atoms with Crippen LogP contribution in [0.2, 0.25) is 10.0 Å². The van der Waals surface area contributed by atoms with Crippen molar-refractivity contribution >= 4 is 46.8 Å². The van der Waals surface area contributed by atoms with Crippen LogP contribution in [0.4, 0.5) is 10.5 Å². The number of piperazine rings is 1. The molecule has 24 heavy (non-hydrogen) atoms. The average molecular weight is 374 g/mol. The maximum atomic E-state index is 12.2. The lowest BCUT2D eigenvalue weighted by Crippen LogP contribution is -2.53. The van der Waals surface area contributed by atoms with Gasteiger partial charge in [0.1, 0.15) is 0 Å². The molecule has 3 amide bonds. The van der Waals surface area contributed by atoms with Crippen molar-refractivity contribution in [2.45, 2.75) is 6.92 Å². The molecule has 1 aliphatic heterocycles. The Kier molecular flexibility index (Phi) is 6.28. The number of amides is 3. The van der Waals surface area contributed by atoms with Gasteiger partial charge in [-0.05, 0) is 19.1 Å². The summed E-state index contributed by atoms with van der Waals surface area (Å²) < 4.78 is 4.90. The number of carbonyl (C=O) groups excluding carboxylic acids is 3. The number of rotatable bonds is 2. The van der Waals surface area contributed by atoms with E-state index in [1.54, 1.807) is 25.1 Å². The fraction of sp³-hybridized carbons (Fsp3) is 0.400. The summed E-state index contributed by atoms with van der Waals surface area (Å²) in [7, 11) is 0. The van der Waals surface area contributed by atoms with Crippen LogP contribution >= 0.6 is 23.2 Å². The van der Waals surface area contributed by atoms with Crippen LogP contribution in [0.3, 0.4) is 0 Å². The molecule has 0 saturated carbocycles. The highest BCUT2D eigenvalue weighted by molar-refractivity contribution is 6.44. The zero-order valence-corrected chi connectivity index (χ0v) is 14.6. The van der Waals surface area contributed by atoms with Crippen LogP contribution in [0.1, 0.15) is 6.92 Å². The second-order valence-electron chi connectivity index (χ2n) is 5.03. The van der Waals surface area contributed by atoms with Crippen molar-refractivity contribution < 1.29 is 19.1 Å². The molecule has 0 unspecified atom stereocenters. The summed E-state index contributed by atoms with van der Waals surface area (Å²) in [5.74, 6) is -1.52. The van der Waals surface area contributed by atoms with Gasteiger partial charge in [-0.3, -0.25) is 9.59 Å². The van der Waals surface area contributed by atoms with Gasteiger partial charge in [-0.15, -0.1) is 0 Å². The van der Waals surface area contributed by atoms with Crippen molar-refractivity contribution in [3.05, 3.63) is 28.2 Å². The molecule has 0 aliphatic carbocycles. The predicted octanol–water partition coefficient (Wildman–Crippen LogP) is 2.23. The van der Waals surface area contributed by atoms with E-state index in [0.29, 0.717) is 19.7 Å². The quantitative estimate of drug-likeness (QED) is 0.806. The summed E-state index contributed by atoms with van der Waals surface area (Å²) >= 11 is 11.9. The highest BCUT2D eigenvalue weighted by Crippen LogP contribution is 2.29. The Labute approximate surface area is 149 Å². The van der Waals surface area contributed by atoms with Crippen molar-refractivity contribution in [3.8, 4) is 0 Å². The van der Waals surface area contributed by atoms with Crippen molar-refractivity contribution in [3.63, 3.8) is 0 Å². The van der Waals surface area contributed by atoms with E-state index in [9.17, 15) is 14.4 Å². The molecule has 1 saturated heterocycles. The molecule has 1 aromatic carbocycles. The lowest BCUT2D eigenvalue weighted by atomic mass is 10.3. The lowest BCUT2D eigenvalue weighted by molar-refractivity contribution is -0.144. The van der Waals surface area contributed by atoms with Crippen LogP contribution in [0.5, 0.6) is 0 Å². The molecule has 9 heteroatoms. The van der Waals surface area contributed by atoms with Crippen molar-refractivity contribution in [1.29, 1.82) is 0 Å². The van der Waals surface area contributed by atoms with Crippen LogP contribution in [0.15, 0.2) is 18.2 Å². The van der Waals surface area contributed by atoms with Crippen LogP contribution in [-0.2, 0) is 14.3 Å². The van der Waals surface area contributed by atoms with Crippen molar-refractivity contribution in [2.24, 2.45) is 0 Å². The summed E-state index contributed by atoms with van der Waals surface area (Å²) in [4.78, 5) is 38.8. The van der Waals surface area contributed by atoms with E-state index < -0.39 is 17.9 Å². The number of ether oxygens (including phenoxy) is 1. The first-order chi connectivity index (χ1) is 11.4. The highest BCUT2D eigenvalue weighted by Gasteiger charge is 2.28. The minimum Gasteiger partial charge on any atom is -0.450 e. The van der Waals surface area contributed by atoms with Gasteiger partial charge in [0.25, 0.3) is 0 Å². The van der Waals surface area contributed by atoms with Gasteiger partial charge in [0, 0.05) is 26.2 Å². The van der Waals surface area contributed by atoms with Gasteiger partial charge in [0.2, 0.25) is 0 Å². The van der Waals surface area contributed by atoms with Gasteiger partial charge >= 0.3 is 17.9 Å². The number of anilines is 1. The van der Waals surface area contributed by atoms with Crippen molar-refractivity contribution in [1.82, 2.24) is 9.80 Å². The molecule has 2 rings (SSSR count). The largest absolute Gasteiger partial charge is 0.450 e. The predicted molar refractivity (Wildman–Crippen MR) is 90.3 cm³/mol. The summed E-state index contributed by atoms with van der Waals surface area (Å²) in [5.41, 5.74) is 0.198. The third kappa shape index (κ3) is 4.30. The summed E-state index contributed by atoms with van der Waals surface area (Å²) in [6.07, 6.45) is -0.420. The molecule has 1 aromatic rings. The Morgan fingerprint density at radius 3 is 2.17 bits per heavy atom.